The van der Waals surface area contributed by atoms with E-state index in [0.29, 0.717) is 0 Å². The van der Waals surface area contributed by atoms with E-state index >= 15 is 0 Å². The molecule has 0 N–H and O–H groups in total. The Kier molecular flexibility index (Phi) is 10.5. The molecule has 0 radical (unpaired) electrons. The lowest BCUT2D eigenvalue weighted by molar-refractivity contribution is -0.157. The highest BCUT2D eigenvalue weighted by molar-refractivity contribution is 5.72. The summed E-state index contributed by atoms with van der Waals surface area (Å²) in [4.78, 5) is 12.7. The number of carbonyl (C=O) groups excluding carboxylic acids is 1. The van der Waals surface area contributed by atoms with Crippen LogP contribution in [0.1, 0.15) is 136 Å². The molecule has 0 spiro atoms. The van der Waals surface area contributed by atoms with Gasteiger partial charge < -0.3 is 4.74 Å². The third-order valence-corrected chi connectivity index (χ3v) is 8.87. The second-order valence-electron chi connectivity index (χ2n) is 11.3. The van der Waals surface area contributed by atoms with Gasteiger partial charge in [0.05, 0.1) is 5.92 Å². The maximum atomic E-state index is 12.7. The molecule has 0 saturated heterocycles. The molecule has 0 aromatic heterocycles. The Morgan fingerprint density at radius 2 is 1.27 bits per heavy atom. The Balaban J connectivity index is 1.25. The van der Waals surface area contributed by atoms with Gasteiger partial charge in [-0.1, -0.05) is 71.6 Å². The fraction of sp³-hybridized carbons (Fsp3) is 0.964. The topological polar surface area (TPSA) is 26.3 Å². The molecule has 0 atom stereocenters. The van der Waals surface area contributed by atoms with Crippen LogP contribution in [0.25, 0.3) is 0 Å². The minimum absolute atomic E-state index is 0.144. The van der Waals surface area contributed by atoms with Gasteiger partial charge in [0.1, 0.15) is 6.10 Å². The van der Waals surface area contributed by atoms with Crippen LogP contribution in [0.5, 0.6) is 0 Å². The molecule has 0 aromatic rings. The van der Waals surface area contributed by atoms with Crippen molar-refractivity contribution in [2.75, 3.05) is 0 Å². The van der Waals surface area contributed by atoms with Crippen molar-refractivity contribution in [3.05, 3.63) is 0 Å². The predicted molar refractivity (Wildman–Crippen MR) is 126 cm³/mol. The van der Waals surface area contributed by atoms with E-state index in [1.807, 2.05) is 0 Å². The first kappa shape index (κ1) is 24.1. The van der Waals surface area contributed by atoms with Crippen molar-refractivity contribution in [1.29, 1.82) is 0 Å². The molecule has 0 unspecified atom stereocenters. The van der Waals surface area contributed by atoms with E-state index in [-0.39, 0.29) is 18.0 Å². The molecule has 0 aliphatic heterocycles. The Morgan fingerprint density at radius 1 is 0.700 bits per heavy atom. The smallest absolute Gasteiger partial charge is 0.309 e. The molecule has 2 nitrogen and oxygen atoms in total. The van der Waals surface area contributed by atoms with Gasteiger partial charge in [-0.2, -0.15) is 0 Å². The predicted octanol–water partition coefficient (Wildman–Crippen LogP) is 8.47. The number of hydrogen-bond donors (Lipinski definition) is 0. The fourth-order valence-electron chi connectivity index (χ4n) is 6.60. The second kappa shape index (κ2) is 13.1. The molecule has 0 amide bonds. The monoisotopic (exact) mass is 418 g/mol. The highest BCUT2D eigenvalue weighted by Crippen LogP contribution is 2.41. The van der Waals surface area contributed by atoms with Crippen LogP contribution in [0.2, 0.25) is 0 Å². The van der Waals surface area contributed by atoms with Gasteiger partial charge in [0.2, 0.25) is 0 Å². The van der Waals surface area contributed by atoms with Crippen molar-refractivity contribution < 1.29 is 9.53 Å². The average Bonchev–Trinajstić information content (AvgIpc) is 2.78. The summed E-state index contributed by atoms with van der Waals surface area (Å²) >= 11 is 0. The average molecular weight is 419 g/mol. The van der Waals surface area contributed by atoms with Crippen molar-refractivity contribution in [3.8, 4) is 0 Å². The zero-order chi connectivity index (χ0) is 21.2. The number of unbranched alkanes of at least 4 members (excludes halogenated alkanes) is 5. The summed E-state index contributed by atoms with van der Waals surface area (Å²) in [6.45, 7) is 4.69. The third-order valence-electron chi connectivity index (χ3n) is 8.87. The van der Waals surface area contributed by atoms with Gasteiger partial charge in [0.15, 0.2) is 0 Å². The van der Waals surface area contributed by atoms with Crippen LogP contribution in [-0.4, -0.2) is 12.1 Å². The summed E-state index contributed by atoms with van der Waals surface area (Å²) in [5.74, 6) is 4.00. The SMILES string of the molecule is CCCCCCCCC1CCC(OC(=O)C2CCC(C3CCC(C)CC3)CC2)CC1. The first-order valence-electron chi connectivity index (χ1n) is 13.9. The fourth-order valence-corrected chi connectivity index (χ4v) is 6.60. The molecule has 3 aliphatic rings. The van der Waals surface area contributed by atoms with Gasteiger partial charge >= 0.3 is 5.97 Å². The van der Waals surface area contributed by atoms with E-state index in [4.69, 9.17) is 4.74 Å². The van der Waals surface area contributed by atoms with Crippen LogP contribution >= 0.6 is 0 Å². The lowest BCUT2D eigenvalue weighted by Gasteiger charge is -2.37. The lowest BCUT2D eigenvalue weighted by Crippen LogP contribution is -2.32. The van der Waals surface area contributed by atoms with Crippen molar-refractivity contribution in [3.63, 3.8) is 0 Å². The van der Waals surface area contributed by atoms with Crippen LogP contribution in [0, 0.1) is 29.6 Å². The maximum absolute atomic E-state index is 12.7. The standard InChI is InChI=1S/C28H50O2/c1-3-4-5-6-7-8-9-23-12-20-27(21-13-23)30-28(29)26-18-16-25(17-19-26)24-14-10-22(2)11-15-24/h22-27H,3-21H2,1-2H3. The van der Waals surface area contributed by atoms with E-state index in [1.165, 1.54) is 96.3 Å². The minimum Gasteiger partial charge on any atom is -0.462 e. The molecule has 2 heteroatoms. The van der Waals surface area contributed by atoms with Crippen molar-refractivity contribution >= 4 is 5.97 Å². The Hall–Kier alpha value is -0.530. The number of esters is 1. The largest absolute Gasteiger partial charge is 0.462 e. The van der Waals surface area contributed by atoms with Crippen molar-refractivity contribution in [1.82, 2.24) is 0 Å². The molecule has 30 heavy (non-hydrogen) atoms. The van der Waals surface area contributed by atoms with E-state index in [9.17, 15) is 4.79 Å². The van der Waals surface area contributed by atoms with Gasteiger partial charge in [-0.05, 0) is 87.9 Å². The molecule has 0 aromatic carbocycles. The van der Waals surface area contributed by atoms with Crippen LogP contribution in [0.3, 0.4) is 0 Å². The van der Waals surface area contributed by atoms with Gasteiger partial charge in [0.25, 0.3) is 0 Å². The number of hydrogen-bond acceptors (Lipinski definition) is 2. The van der Waals surface area contributed by atoms with Crippen LogP contribution in [0.15, 0.2) is 0 Å². The summed E-state index contributed by atoms with van der Waals surface area (Å²) in [5.41, 5.74) is 0. The van der Waals surface area contributed by atoms with E-state index in [1.54, 1.807) is 0 Å². The molecule has 0 heterocycles. The quantitative estimate of drug-likeness (QED) is 0.263. The molecule has 3 saturated carbocycles. The lowest BCUT2D eigenvalue weighted by atomic mass is 9.69. The first-order chi connectivity index (χ1) is 14.7. The molecule has 3 aliphatic carbocycles. The summed E-state index contributed by atoms with van der Waals surface area (Å²) in [5, 5.41) is 0. The zero-order valence-electron chi connectivity index (χ0n) is 20.2. The Labute approximate surface area is 187 Å². The highest BCUT2D eigenvalue weighted by atomic mass is 16.5. The second-order valence-corrected chi connectivity index (χ2v) is 11.3. The summed E-state index contributed by atoms with van der Waals surface area (Å²) < 4.78 is 6.00. The van der Waals surface area contributed by atoms with Gasteiger partial charge in [-0.25, -0.2) is 0 Å². The van der Waals surface area contributed by atoms with E-state index in [2.05, 4.69) is 13.8 Å². The van der Waals surface area contributed by atoms with E-state index in [0.717, 1.165) is 49.4 Å². The summed E-state index contributed by atoms with van der Waals surface area (Å²) in [6.07, 6.45) is 25.2. The van der Waals surface area contributed by atoms with Crippen molar-refractivity contribution in [2.45, 2.75) is 142 Å². The number of ether oxygens (including phenoxy) is 1. The van der Waals surface area contributed by atoms with Gasteiger partial charge in [0, 0.05) is 0 Å². The summed E-state index contributed by atoms with van der Waals surface area (Å²) in [6, 6.07) is 0. The Bertz CT molecular complexity index is 463. The van der Waals surface area contributed by atoms with Crippen LogP contribution < -0.4 is 0 Å². The molecular formula is C28H50O2. The Morgan fingerprint density at radius 3 is 1.90 bits per heavy atom. The van der Waals surface area contributed by atoms with Gasteiger partial charge in [-0.3, -0.25) is 4.79 Å². The molecule has 3 fully saturated rings. The summed E-state index contributed by atoms with van der Waals surface area (Å²) in [7, 11) is 0. The third kappa shape index (κ3) is 7.86. The van der Waals surface area contributed by atoms with E-state index < -0.39 is 0 Å². The minimum atomic E-state index is 0.144. The van der Waals surface area contributed by atoms with Crippen LogP contribution in [0.4, 0.5) is 0 Å². The zero-order valence-corrected chi connectivity index (χ0v) is 20.2. The highest BCUT2D eigenvalue weighted by Gasteiger charge is 2.34. The molecule has 0 bridgehead atoms. The molecule has 174 valence electrons. The van der Waals surface area contributed by atoms with Crippen LogP contribution in [-0.2, 0) is 9.53 Å². The normalized spacial score (nSPS) is 35.1. The number of carbonyl (C=O) groups is 1. The number of rotatable bonds is 10. The molecular weight excluding hydrogens is 368 g/mol. The molecule has 3 rings (SSSR count). The van der Waals surface area contributed by atoms with Crippen molar-refractivity contribution in [2.24, 2.45) is 29.6 Å². The van der Waals surface area contributed by atoms with Gasteiger partial charge in [-0.15, -0.1) is 0 Å². The maximum Gasteiger partial charge on any atom is 0.309 e. The first-order valence-corrected chi connectivity index (χ1v) is 13.9.